The Morgan fingerprint density at radius 1 is 0.808 bits per heavy atom. The third kappa shape index (κ3) is 4.81. The van der Waals surface area contributed by atoms with Crippen LogP contribution in [0.15, 0.2) is 72.9 Å². The van der Waals surface area contributed by atoms with Gasteiger partial charge in [-0.05, 0) is 11.1 Å². The summed E-state index contributed by atoms with van der Waals surface area (Å²) in [6.07, 6.45) is 0.453. The molecule has 0 radical (unpaired) electrons. The first kappa shape index (κ1) is 17.9. The monoisotopic (exact) mass is 351 g/mol. The fraction of sp³-hybridized carbons (Fsp3) is 0.190. The number of rotatable bonds is 8. The van der Waals surface area contributed by atoms with Gasteiger partial charge < -0.3 is 19.7 Å². The summed E-state index contributed by atoms with van der Waals surface area (Å²) >= 11 is 0. The van der Waals surface area contributed by atoms with Crippen LogP contribution >= 0.6 is 0 Å². The predicted octanol–water partition coefficient (Wildman–Crippen LogP) is 3.27. The van der Waals surface area contributed by atoms with Gasteiger partial charge in [0.1, 0.15) is 19.3 Å². The van der Waals surface area contributed by atoms with Crippen molar-refractivity contribution in [2.75, 3.05) is 6.61 Å². The van der Waals surface area contributed by atoms with Crippen LogP contribution in [0.3, 0.4) is 0 Å². The largest absolute Gasteiger partial charge is 0.485 e. The van der Waals surface area contributed by atoms with E-state index in [2.05, 4.69) is 4.98 Å². The van der Waals surface area contributed by atoms with Gasteiger partial charge >= 0.3 is 0 Å². The second-order valence-corrected chi connectivity index (χ2v) is 5.80. The van der Waals surface area contributed by atoms with Gasteiger partial charge in [-0.25, -0.2) is 0 Å². The van der Waals surface area contributed by atoms with Crippen LogP contribution in [-0.4, -0.2) is 21.8 Å². The third-order valence-electron chi connectivity index (χ3n) is 3.84. The minimum absolute atomic E-state index is 0.336. The summed E-state index contributed by atoms with van der Waals surface area (Å²) in [6, 6.07) is 21.2. The Kier molecular flexibility index (Phi) is 6.19. The van der Waals surface area contributed by atoms with Crippen molar-refractivity contribution in [2.45, 2.75) is 19.3 Å². The molecule has 1 atom stereocenters. The molecule has 3 rings (SSSR count). The molecule has 1 aromatic heterocycles. The van der Waals surface area contributed by atoms with Gasteiger partial charge in [0, 0.05) is 6.07 Å². The van der Waals surface area contributed by atoms with Crippen molar-refractivity contribution < 1.29 is 19.7 Å². The number of aromatic nitrogens is 1. The van der Waals surface area contributed by atoms with Crippen LogP contribution in [0.1, 0.15) is 22.9 Å². The van der Waals surface area contributed by atoms with Crippen LogP contribution in [0.5, 0.6) is 11.5 Å². The summed E-state index contributed by atoms with van der Waals surface area (Å²) in [5, 5.41) is 19.0. The van der Waals surface area contributed by atoms with Crippen LogP contribution in [0.4, 0.5) is 0 Å². The maximum Gasteiger partial charge on any atom is 0.179 e. The van der Waals surface area contributed by atoms with Crippen LogP contribution in [0.2, 0.25) is 0 Å². The van der Waals surface area contributed by atoms with Gasteiger partial charge in [0.2, 0.25) is 0 Å². The standard InChI is InChI=1S/C21H21NO4/c23-13-19(24)18-11-20(25-14-16-7-3-1-4-8-16)21(12-22-18)26-15-17-9-5-2-6-10-17/h1-12,19,23-24H,13-15H2. The van der Waals surface area contributed by atoms with Crippen molar-refractivity contribution in [3.05, 3.63) is 89.7 Å². The molecule has 5 nitrogen and oxygen atoms in total. The molecule has 0 saturated carbocycles. The number of aliphatic hydroxyl groups is 2. The van der Waals surface area contributed by atoms with Crippen molar-refractivity contribution in [2.24, 2.45) is 0 Å². The molecule has 0 aliphatic heterocycles. The zero-order valence-electron chi connectivity index (χ0n) is 14.3. The summed E-state index contributed by atoms with van der Waals surface area (Å²) in [4.78, 5) is 4.16. The molecule has 0 spiro atoms. The molecule has 134 valence electrons. The maximum atomic E-state index is 9.83. The van der Waals surface area contributed by atoms with Crippen molar-refractivity contribution in [1.29, 1.82) is 0 Å². The van der Waals surface area contributed by atoms with Crippen LogP contribution in [0, 0.1) is 0 Å². The molecule has 0 bridgehead atoms. The molecule has 1 unspecified atom stereocenters. The lowest BCUT2D eigenvalue weighted by atomic mass is 10.2. The Hall–Kier alpha value is -2.89. The SMILES string of the molecule is OCC(O)c1cc(OCc2ccccc2)c(OCc2ccccc2)cn1. The molecule has 26 heavy (non-hydrogen) atoms. The van der Waals surface area contributed by atoms with Crippen LogP contribution in [-0.2, 0) is 13.2 Å². The Morgan fingerprint density at radius 2 is 1.35 bits per heavy atom. The Morgan fingerprint density at radius 3 is 1.88 bits per heavy atom. The highest BCUT2D eigenvalue weighted by atomic mass is 16.5. The lowest BCUT2D eigenvalue weighted by Crippen LogP contribution is -2.07. The van der Waals surface area contributed by atoms with Crippen molar-refractivity contribution >= 4 is 0 Å². The molecule has 2 aromatic carbocycles. The van der Waals surface area contributed by atoms with Gasteiger partial charge in [-0.1, -0.05) is 60.7 Å². The van der Waals surface area contributed by atoms with Gasteiger partial charge in [-0.3, -0.25) is 4.98 Å². The molecule has 0 saturated heterocycles. The number of aliphatic hydroxyl groups excluding tert-OH is 2. The summed E-state index contributed by atoms with van der Waals surface area (Å²) in [7, 11) is 0. The molecule has 5 heteroatoms. The van der Waals surface area contributed by atoms with Crippen LogP contribution < -0.4 is 9.47 Å². The smallest absolute Gasteiger partial charge is 0.179 e. The van der Waals surface area contributed by atoms with E-state index < -0.39 is 12.7 Å². The zero-order chi connectivity index (χ0) is 18.2. The first-order chi connectivity index (χ1) is 12.8. The summed E-state index contributed by atoms with van der Waals surface area (Å²) in [6.45, 7) is 0.336. The maximum absolute atomic E-state index is 9.83. The Labute approximate surface area is 152 Å². The topological polar surface area (TPSA) is 71.8 Å². The van der Waals surface area contributed by atoms with E-state index in [4.69, 9.17) is 14.6 Å². The number of hydrogen-bond acceptors (Lipinski definition) is 5. The summed E-state index contributed by atoms with van der Waals surface area (Å²) in [5.41, 5.74) is 2.38. The van der Waals surface area contributed by atoms with Crippen molar-refractivity contribution in [1.82, 2.24) is 4.98 Å². The average Bonchev–Trinajstić information content (AvgIpc) is 2.72. The summed E-state index contributed by atoms with van der Waals surface area (Å²) < 4.78 is 11.7. The lowest BCUT2D eigenvalue weighted by molar-refractivity contribution is 0.0917. The van der Waals surface area contributed by atoms with E-state index >= 15 is 0 Å². The average molecular weight is 351 g/mol. The number of pyridine rings is 1. The first-order valence-electron chi connectivity index (χ1n) is 8.38. The first-order valence-corrected chi connectivity index (χ1v) is 8.38. The van der Waals surface area contributed by atoms with E-state index in [0.29, 0.717) is 30.4 Å². The molecule has 3 aromatic rings. The van der Waals surface area contributed by atoms with Gasteiger partial charge in [-0.15, -0.1) is 0 Å². The highest BCUT2D eigenvalue weighted by Gasteiger charge is 2.14. The predicted molar refractivity (Wildman–Crippen MR) is 97.8 cm³/mol. The third-order valence-corrected chi connectivity index (χ3v) is 3.84. The minimum Gasteiger partial charge on any atom is -0.485 e. The fourth-order valence-corrected chi connectivity index (χ4v) is 2.41. The highest BCUT2D eigenvalue weighted by Crippen LogP contribution is 2.30. The van der Waals surface area contributed by atoms with Gasteiger partial charge in [0.15, 0.2) is 11.5 Å². The van der Waals surface area contributed by atoms with E-state index in [1.165, 1.54) is 6.20 Å². The molecular formula is C21H21NO4. The summed E-state index contributed by atoms with van der Waals surface area (Å²) in [5.74, 6) is 0.959. The molecule has 2 N–H and O–H groups in total. The van der Waals surface area contributed by atoms with E-state index in [-0.39, 0.29) is 0 Å². The van der Waals surface area contributed by atoms with Crippen molar-refractivity contribution in [3.63, 3.8) is 0 Å². The number of hydrogen-bond donors (Lipinski definition) is 2. The molecule has 1 heterocycles. The van der Waals surface area contributed by atoms with E-state index in [9.17, 15) is 5.11 Å². The quantitative estimate of drug-likeness (QED) is 0.652. The fourth-order valence-electron chi connectivity index (χ4n) is 2.41. The highest BCUT2D eigenvalue weighted by molar-refractivity contribution is 5.40. The number of benzene rings is 2. The Bertz CT molecular complexity index is 809. The van der Waals surface area contributed by atoms with E-state index in [1.54, 1.807) is 6.07 Å². The number of nitrogens with zero attached hydrogens (tertiary/aromatic N) is 1. The zero-order valence-corrected chi connectivity index (χ0v) is 14.3. The second kappa shape index (κ2) is 8.99. The normalized spacial score (nSPS) is 11.8. The van der Waals surface area contributed by atoms with E-state index in [1.807, 2.05) is 60.7 Å². The molecule has 0 fully saturated rings. The molecular weight excluding hydrogens is 330 g/mol. The molecule has 0 amide bonds. The number of ether oxygens (including phenoxy) is 2. The lowest BCUT2D eigenvalue weighted by Gasteiger charge is -2.15. The van der Waals surface area contributed by atoms with Gasteiger partial charge in [-0.2, -0.15) is 0 Å². The molecule has 0 aliphatic rings. The van der Waals surface area contributed by atoms with E-state index in [0.717, 1.165) is 11.1 Å². The van der Waals surface area contributed by atoms with Gasteiger partial charge in [0.25, 0.3) is 0 Å². The molecule has 0 aliphatic carbocycles. The second-order valence-electron chi connectivity index (χ2n) is 5.80. The minimum atomic E-state index is -1.06. The Balaban J connectivity index is 1.77. The van der Waals surface area contributed by atoms with Crippen molar-refractivity contribution in [3.8, 4) is 11.5 Å². The van der Waals surface area contributed by atoms with Crippen LogP contribution in [0.25, 0.3) is 0 Å². The van der Waals surface area contributed by atoms with Gasteiger partial charge in [0.05, 0.1) is 18.5 Å².